The van der Waals surface area contributed by atoms with Gasteiger partial charge in [-0.2, -0.15) is 0 Å². The average Bonchev–Trinajstić information content (AvgIpc) is 2.98. The zero-order chi connectivity index (χ0) is 20.8. The van der Waals surface area contributed by atoms with E-state index in [9.17, 15) is 18.8 Å². The number of thioether (sulfide) groups is 1. The molecular formula is C21H21FN2O4S. The van der Waals surface area contributed by atoms with Crippen molar-refractivity contribution >= 4 is 40.9 Å². The van der Waals surface area contributed by atoms with Gasteiger partial charge in [-0.05, 0) is 55.5 Å². The van der Waals surface area contributed by atoms with Crippen molar-refractivity contribution in [2.75, 3.05) is 22.6 Å². The van der Waals surface area contributed by atoms with Gasteiger partial charge in [0, 0.05) is 24.3 Å². The molecule has 1 atom stereocenters. The van der Waals surface area contributed by atoms with Gasteiger partial charge in [-0.3, -0.25) is 14.4 Å². The smallest absolute Gasteiger partial charge is 0.247 e. The lowest BCUT2D eigenvalue weighted by Gasteiger charge is -2.15. The fraction of sp³-hybridized carbons (Fsp3) is 0.286. The van der Waals surface area contributed by atoms with Gasteiger partial charge in [0.2, 0.25) is 17.7 Å². The number of hydrogen-bond acceptors (Lipinski definition) is 5. The highest BCUT2D eigenvalue weighted by molar-refractivity contribution is 8.00. The van der Waals surface area contributed by atoms with Crippen LogP contribution in [-0.4, -0.2) is 35.3 Å². The van der Waals surface area contributed by atoms with Gasteiger partial charge in [-0.1, -0.05) is 0 Å². The topological polar surface area (TPSA) is 75.7 Å². The molecule has 0 saturated carbocycles. The van der Waals surface area contributed by atoms with E-state index in [1.165, 1.54) is 40.9 Å². The number of ether oxygens (including phenoxy) is 1. The minimum Gasteiger partial charge on any atom is -0.494 e. The van der Waals surface area contributed by atoms with Gasteiger partial charge >= 0.3 is 0 Å². The molecule has 0 aliphatic carbocycles. The zero-order valence-electron chi connectivity index (χ0n) is 15.9. The summed E-state index contributed by atoms with van der Waals surface area (Å²) in [5.74, 6) is -0.0679. The number of carbonyl (C=O) groups excluding carboxylic acids is 3. The summed E-state index contributed by atoms with van der Waals surface area (Å²) in [4.78, 5) is 38.1. The molecule has 1 heterocycles. The van der Waals surface area contributed by atoms with E-state index >= 15 is 0 Å². The summed E-state index contributed by atoms with van der Waals surface area (Å²) < 4.78 is 18.3. The lowest BCUT2D eigenvalue weighted by atomic mass is 10.3. The molecule has 2 aromatic carbocycles. The predicted octanol–water partition coefficient (Wildman–Crippen LogP) is 3.62. The van der Waals surface area contributed by atoms with Crippen molar-refractivity contribution in [1.82, 2.24) is 0 Å². The molecule has 3 rings (SSSR count). The van der Waals surface area contributed by atoms with Crippen molar-refractivity contribution in [3.8, 4) is 5.75 Å². The fourth-order valence-corrected chi connectivity index (χ4v) is 4.01. The molecule has 0 unspecified atom stereocenters. The number of anilines is 2. The maximum Gasteiger partial charge on any atom is 0.247 e. The third-order valence-corrected chi connectivity index (χ3v) is 5.50. The molecule has 6 nitrogen and oxygen atoms in total. The van der Waals surface area contributed by atoms with E-state index in [0.717, 1.165) is 0 Å². The van der Waals surface area contributed by atoms with Crippen LogP contribution in [0.1, 0.15) is 19.8 Å². The molecule has 1 fully saturated rings. The van der Waals surface area contributed by atoms with Crippen LogP contribution in [0.15, 0.2) is 48.5 Å². The van der Waals surface area contributed by atoms with Crippen molar-refractivity contribution in [2.45, 2.75) is 25.0 Å². The van der Waals surface area contributed by atoms with Crippen LogP contribution >= 0.6 is 11.8 Å². The van der Waals surface area contributed by atoms with E-state index in [2.05, 4.69) is 5.32 Å². The highest BCUT2D eigenvalue weighted by atomic mass is 32.2. The molecule has 0 bridgehead atoms. The Hall–Kier alpha value is -2.87. The van der Waals surface area contributed by atoms with Crippen LogP contribution in [0.3, 0.4) is 0 Å². The number of rotatable bonds is 8. The quantitative estimate of drug-likeness (QED) is 0.666. The van der Waals surface area contributed by atoms with Gasteiger partial charge in [-0.15, -0.1) is 11.8 Å². The van der Waals surface area contributed by atoms with Crippen LogP contribution in [0.25, 0.3) is 0 Å². The van der Waals surface area contributed by atoms with Crippen molar-refractivity contribution in [2.24, 2.45) is 0 Å². The van der Waals surface area contributed by atoms with Crippen LogP contribution in [0.4, 0.5) is 15.8 Å². The van der Waals surface area contributed by atoms with Crippen molar-refractivity contribution in [1.29, 1.82) is 0 Å². The number of halogens is 1. The Bertz CT molecular complexity index is 887. The fourth-order valence-electron chi connectivity index (χ4n) is 2.91. The van der Waals surface area contributed by atoms with E-state index in [1.807, 2.05) is 6.92 Å². The number of carbonyl (C=O) groups is 3. The van der Waals surface area contributed by atoms with E-state index in [0.29, 0.717) is 29.5 Å². The van der Waals surface area contributed by atoms with Crippen molar-refractivity contribution in [3.05, 3.63) is 54.3 Å². The Morgan fingerprint density at radius 2 is 1.86 bits per heavy atom. The third-order valence-electron chi connectivity index (χ3n) is 4.29. The molecule has 3 amide bonds. The Labute approximate surface area is 172 Å². The Balaban J connectivity index is 1.50. The molecule has 1 aliphatic heterocycles. The summed E-state index contributed by atoms with van der Waals surface area (Å²) in [7, 11) is 0. The molecule has 2 aromatic rings. The second-order valence-electron chi connectivity index (χ2n) is 6.36. The summed E-state index contributed by atoms with van der Waals surface area (Å²) >= 11 is 1.29. The molecule has 152 valence electrons. The van der Waals surface area contributed by atoms with Gasteiger partial charge in [0.15, 0.2) is 0 Å². The van der Waals surface area contributed by atoms with Crippen molar-refractivity contribution < 1.29 is 23.5 Å². The standard InChI is InChI=1S/C21H21FN2O4S/c1-2-28-17-9-7-16(8-10-17)24-20(26)13-18(21(24)27)29-12-11-19(25)23-15-5-3-14(22)4-6-15/h3-10,18H,2,11-13H2,1H3,(H,23,25)/t18-/m0/s1. The summed E-state index contributed by atoms with van der Waals surface area (Å²) in [6.07, 6.45) is 0.291. The minimum absolute atomic E-state index is 0.107. The maximum absolute atomic E-state index is 12.9. The predicted molar refractivity (Wildman–Crippen MR) is 111 cm³/mol. The third kappa shape index (κ3) is 5.35. The van der Waals surface area contributed by atoms with Crippen LogP contribution < -0.4 is 15.0 Å². The summed E-state index contributed by atoms with van der Waals surface area (Å²) in [5, 5.41) is 2.16. The maximum atomic E-state index is 12.9. The van der Waals surface area contributed by atoms with Gasteiger partial charge in [0.05, 0.1) is 17.5 Å². The van der Waals surface area contributed by atoms with Crippen molar-refractivity contribution in [3.63, 3.8) is 0 Å². The SMILES string of the molecule is CCOc1ccc(N2C(=O)C[C@H](SCCC(=O)Nc3ccc(F)cc3)C2=O)cc1. The first-order valence-corrected chi connectivity index (χ1v) is 10.3. The number of nitrogens with zero attached hydrogens (tertiary/aromatic N) is 1. The van der Waals surface area contributed by atoms with Crippen LogP contribution in [0.2, 0.25) is 0 Å². The van der Waals surface area contributed by atoms with E-state index in [4.69, 9.17) is 4.74 Å². The minimum atomic E-state index is -0.507. The molecule has 1 N–H and O–H groups in total. The van der Waals surface area contributed by atoms with Crippen LogP contribution in [-0.2, 0) is 14.4 Å². The van der Waals surface area contributed by atoms with Crippen LogP contribution in [0, 0.1) is 5.82 Å². The van der Waals surface area contributed by atoms with E-state index < -0.39 is 5.25 Å². The molecule has 0 aromatic heterocycles. The average molecular weight is 416 g/mol. The second-order valence-corrected chi connectivity index (χ2v) is 7.67. The summed E-state index contributed by atoms with van der Waals surface area (Å²) in [6.45, 7) is 2.41. The number of amides is 3. The molecular weight excluding hydrogens is 395 g/mol. The second kappa shape index (κ2) is 9.56. The highest BCUT2D eigenvalue weighted by Gasteiger charge is 2.39. The molecule has 0 spiro atoms. The lowest BCUT2D eigenvalue weighted by Crippen LogP contribution is -2.31. The monoisotopic (exact) mass is 416 g/mol. The highest BCUT2D eigenvalue weighted by Crippen LogP contribution is 2.31. The van der Waals surface area contributed by atoms with E-state index in [-0.39, 0.29) is 36.4 Å². The summed E-state index contributed by atoms with van der Waals surface area (Å²) in [6, 6.07) is 12.3. The Kier molecular flexibility index (Phi) is 6.87. The first kappa shape index (κ1) is 20.9. The normalized spacial score (nSPS) is 16.2. The van der Waals surface area contributed by atoms with Gasteiger partial charge in [0.1, 0.15) is 11.6 Å². The molecule has 0 radical (unpaired) electrons. The first-order valence-electron chi connectivity index (χ1n) is 9.24. The largest absolute Gasteiger partial charge is 0.494 e. The van der Waals surface area contributed by atoms with Gasteiger partial charge in [0.25, 0.3) is 0 Å². The van der Waals surface area contributed by atoms with Gasteiger partial charge in [-0.25, -0.2) is 9.29 Å². The van der Waals surface area contributed by atoms with E-state index in [1.54, 1.807) is 24.3 Å². The lowest BCUT2D eigenvalue weighted by molar-refractivity contribution is -0.121. The number of hydrogen-bond donors (Lipinski definition) is 1. The first-order chi connectivity index (χ1) is 14.0. The zero-order valence-corrected chi connectivity index (χ0v) is 16.7. The molecule has 1 aliphatic rings. The Morgan fingerprint density at radius 1 is 1.17 bits per heavy atom. The number of imide groups is 1. The van der Waals surface area contributed by atoms with Gasteiger partial charge < -0.3 is 10.1 Å². The Morgan fingerprint density at radius 3 is 2.52 bits per heavy atom. The van der Waals surface area contributed by atoms with Crippen LogP contribution in [0.5, 0.6) is 5.75 Å². The number of nitrogens with one attached hydrogen (secondary N) is 1. The summed E-state index contributed by atoms with van der Waals surface area (Å²) in [5.41, 5.74) is 1.02. The molecule has 1 saturated heterocycles. The number of benzene rings is 2. The molecule has 29 heavy (non-hydrogen) atoms. The molecule has 8 heteroatoms.